The van der Waals surface area contributed by atoms with Crippen LogP contribution < -0.4 is 5.32 Å². The molecule has 2 aromatic rings. The molecule has 108 valence electrons. The lowest BCUT2D eigenvalue weighted by molar-refractivity contribution is 0.572. The summed E-state index contributed by atoms with van der Waals surface area (Å²) in [5.41, 5.74) is 1.37. The Bertz CT molecular complexity index is 502. The van der Waals surface area contributed by atoms with Gasteiger partial charge in [0.25, 0.3) is 0 Å². The second-order valence-electron chi connectivity index (χ2n) is 5.46. The predicted molar refractivity (Wildman–Crippen MR) is 86.8 cm³/mol. The lowest BCUT2D eigenvalue weighted by Crippen LogP contribution is -2.14. The van der Waals surface area contributed by atoms with Crippen LogP contribution in [0, 0.1) is 0 Å². The summed E-state index contributed by atoms with van der Waals surface area (Å²) < 4.78 is 0. The number of rotatable bonds is 9. The van der Waals surface area contributed by atoms with Crippen LogP contribution in [-0.4, -0.2) is 11.5 Å². The van der Waals surface area contributed by atoms with Gasteiger partial charge < -0.3 is 5.32 Å². The Balaban J connectivity index is 1.71. The summed E-state index contributed by atoms with van der Waals surface area (Å²) in [5, 5.41) is 6.11. The molecular weight excluding hydrogens is 244 g/mol. The average molecular weight is 270 g/mol. The van der Waals surface area contributed by atoms with Crippen LogP contribution in [0.15, 0.2) is 36.7 Å². The molecule has 0 amide bonds. The van der Waals surface area contributed by atoms with Crippen molar-refractivity contribution < 1.29 is 0 Å². The molecule has 20 heavy (non-hydrogen) atoms. The molecule has 1 heterocycles. The Morgan fingerprint density at radius 1 is 1.00 bits per heavy atom. The third-order valence-electron chi connectivity index (χ3n) is 3.79. The number of nitrogens with zero attached hydrogens (tertiary/aromatic N) is 1. The maximum atomic E-state index is 4.18. The van der Waals surface area contributed by atoms with Gasteiger partial charge in [0.2, 0.25) is 0 Å². The van der Waals surface area contributed by atoms with Crippen molar-refractivity contribution in [1.29, 1.82) is 0 Å². The molecule has 0 aliphatic carbocycles. The van der Waals surface area contributed by atoms with Crippen LogP contribution in [0.3, 0.4) is 0 Å². The maximum Gasteiger partial charge on any atom is 0.0346 e. The first kappa shape index (κ1) is 15.0. The van der Waals surface area contributed by atoms with Crippen LogP contribution >= 0.6 is 0 Å². The van der Waals surface area contributed by atoms with Gasteiger partial charge in [-0.25, -0.2) is 0 Å². The minimum absolute atomic E-state index is 0.955. The van der Waals surface area contributed by atoms with E-state index < -0.39 is 0 Å². The lowest BCUT2D eigenvalue weighted by atomic mass is 10.1. The molecule has 0 bridgehead atoms. The number of hydrogen-bond donors (Lipinski definition) is 1. The normalized spacial score (nSPS) is 11.1. The fourth-order valence-corrected chi connectivity index (χ4v) is 2.60. The predicted octanol–water partition coefficient (Wildman–Crippen LogP) is 4.68. The van der Waals surface area contributed by atoms with Crippen LogP contribution in [-0.2, 0) is 6.54 Å². The SMILES string of the molecule is CCCCCCCCNCc1cccc2cnccc12. The Hall–Kier alpha value is -1.41. The molecule has 0 saturated carbocycles. The second kappa shape index (κ2) is 8.70. The number of unbranched alkanes of at least 4 members (excludes halogenated alkanes) is 5. The van der Waals surface area contributed by atoms with E-state index in [9.17, 15) is 0 Å². The highest BCUT2D eigenvalue weighted by molar-refractivity contribution is 5.84. The van der Waals surface area contributed by atoms with E-state index in [0.717, 1.165) is 13.1 Å². The number of pyridine rings is 1. The lowest BCUT2D eigenvalue weighted by Gasteiger charge is -2.08. The van der Waals surface area contributed by atoms with E-state index in [2.05, 4.69) is 41.5 Å². The monoisotopic (exact) mass is 270 g/mol. The van der Waals surface area contributed by atoms with Crippen molar-refractivity contribution in [3.8, 4) is 0 Å². The zero-order valence-corrected chi connectivity index (χ0v) is 12.6. The van der Waals surface area contributed by atoms with E-state index in [1.165, 1.54) is 54.9 Å². The first-order valence-electron chi connectivity index (χ1n) is 7.94. The van der Waals surface area contributed by atoms with Crippen molar-refractivity contribution in [1.82, 2.24) is 10.3 Å². The number of aromatic nitrogens is 1. The van der Waals surface area contributed by atoms with E-state index in [1.54, 1.807) is 0 Å². The molecule has 0 fully saturated rings. The fourth-order valence-electron chi connectivity index (χ4n) is 2.60. The molecular formula is C18H26N2. The summed E-state index contributed by atoms with van der Waals surface area (Å²) in [5.74, 6) is 0. The van der Waals surface area contributed by atoms with E-state index in [4.69, 9.17) is 0 Å². The molecule has 0 spiro atoms. The number of nitrogens with one attached hydrogen (secondary N) is 1. The molecule has 1 aromatic heterocycles. The van der Waals surface area contributed by atoms with E-state index in [0.29, 0.717) is 0 Å². The third-order valence-corrected chi connectivity index (χ3v) is 3.79. The summed E-state index contributed by atoms with van der Waals surface area (Å²) >= 11 is 0. The average Bonchev–Trinajstić information content (AvgIpc) is 2.50. The van der Waals surface area contributed by atoms with Gasteiger partial charge in [0.15, 0.2) is 0 Å². The molecule has 0 aliphatic rings. The Morgan fingerprint density at radius 2 is 1.85 bits per heavy atom. The van der Waals surface area contributed by atoms with Crippen LogP contribution in [0.5, 0.6) is 0 Å². The molecule has 0 saturated heterocycles. The van der Waals surface area contributed by atoms with Gasteiger partial charge in [-0.05, 0) is 30.0 Å². The van der Waals surface area contributed by atoms with Crippen molar-refractivity contribution in [3.63, 3.8) is 0 Å². The molecule has 0 aliphatic heterocycles. The van der Waals surface area contributed by atoms with Gasteiger partial charge in [-0.1, -0.05) is 57.2 Å². The molecule has 1 aromatic carbocycles. The molecule has 0 unspecified atom stereocenters. The van der Waals surface area contributed by atoms with E-state index in [1.807, 2.05) is 12.4 Å². The van der Waals surface area contributed by atoms with Crippen LogP contribution in [0.1, 0.15) is 51.0 Å². The van der Waals surface area contributed by atoms with Crippen molar-refractivity contribution in [2.24, 2.45) is 0 Å². The Morgan fingerprint density at radius 3 is 2.75 bits per heavy atom. The molecule has 2 heteroatoms. The van der Waals surface area contributed by atoms with E-state index >= 15 is 0 Å². The highest BCUT2D eigenvalue weighted by Crippen LogP contribution is 2.17. The standard InChI is InChI=1S/C18H26N2/c1-2-3-4-5-6-7-12-19-14-16-9-8-10-17-15-20-13-11-18(16)17/h8-11,13,15,19H,2-7,12,14H2,1H3. The number of hydrogen-bond acceptors (Lipinski definition) is 2. The van der Waals surface area contributed by atoms with E-state index in [-0.39, 0.29) is 0 Å². The topological polar surface area (TPSA) is 24.9 Å². The van der Waals surface area contributed by atoms with Gasteiger partial charge in [-0.3, -0.25) is 4.98 Å². The largest absolute Gasteiger partial charge is 0.313 e. The number of benzene rings is 1. The van der Waals surface area contributed by atoms with Gasteiger partial charge in [0.1, 0.15) is 0 Å². The molecule has 0 atom stereocenters. The second-order valence-corrected chi connectivity index (χ2v) is 5.46. The first-order chi connectivity index (χ1) is 9.92. The summed E-state index contributed by atoms with van der Waals surface area (Å²) in [6.45, 7) is 4.34. The smallest absolute Gasteiger partial charge is 0.0346 e. The van der Waals surface area contributed by atoms with Gasteiger partial charge in [0.05, 0.1) is 0 Å². The maximum absolute atomic E-state index is 4.18. The quantitative estimate of drug-likeness (QED) is 0.669. The van der Waals surface area contributed by atoms with Gasteiger partial charge >= 0.3 is 0 Å². The van der Waals surface area contributed by atoms with Gasteiger partial charge in [-0.2, -0.15) is 0 Å². The summed E-state index contributed by atoms with van der Waals surface area (Å²) in [4.78, 5) is 4.18. The number of fused-ring (bicyclic) bond motifs is 1. The summed E-state index contributed by atoms with van der Waals surface area (Å²) in [6, 6.07) is 8.55. The fraction of sp³-hybridized carbons (Fsp3) is 0.500. The summed E-state index contributed by atoms with van der Waals surface area (Å²) in [7, 11) is 0. The van der Waals surface area contributed by atoms with Crippen molar-refractivity contribution in [2.45, 2.75) is 52.0 Å². The van der Waals surface area contributed by atoms with Crippen LogP contribution in [0.2, 0.25) is 0 Å². The molecule has 0 radical (unpaired) electrons. The van der Waals surface area contributed by atoms with Crippen molar-refractivity contribution in [3.05, 3.63) is 42.2 Å². The summed E-state index contributed by atoms with van der Waals surface area (Å²) in [6.07, 6.45) is 11.9. The molecule has 2 rings (SSSR count). The Labute approximate surface area is 122 Å². The van der Waals surface area contributed by atoms with Crippen LogP contribution in [0.4, 0.5) is 0 Å². The Kier molecular flexibility index (Phi) is 6.52. The minimum Gasteiger partial charge on any atom is -0.313 e. The zero-order chi connectivity index (χ0) is 14.0. The highest BCUT2D eigenvalue weighted by atomic mass is 14.8. The van der Waals surface area contributed by atoms with Crippen molar-refractivity contribution >= 4 is 10.8 Å². The molecule has 1 N–H and O–H groups in total. The van der Waals surface area contributed by atoms with Crippen LogP contribution in [0.25, 0.3) is 10.8 Å². The zero-order valence-electron chi connectivity index (χ0n) is 12.6. The first-order valence-corrected chi connectivity index (χ1v) is 7.94. The highest BCUT2D eigenvalue weighted by Gasteiger charge is 1.99. The van der Waals surface area contributed by atoms with Gasteiger partial charge in [-0.15, -0.1) is 0 Å². The van der Waals surface area contributed by atoms with Crippen molar-refractivity contribution in [2.75, 3.05) is 6.54 Å². The third kappa shape index (κ3) is 4.61. The van der Waals surface area contributed by atoms with Gasteiger partial charge in [0, 0.05) is 24.3 Å². The minimum atomic E-state index is 0.955. The molecule has 2 nitrogen and oxygen atoms in total.